The molecule has 0 spiro atoms. The molecule has 0 aromatic rings. The molecule has 0 aliphatic carbocycles. The summed E-state index contributed by atoms with van der Waals surface area (Å²) in [5, 5.41) is 0. The summed E-state index contributed by atoms with van der Waals surface area (Å²) in [5.41, 5.74) is 0. The van der Waals surface area contributed by atoms with Crippen LogP contribution in [0, 0.1) is 0 Å². The Morgan fingerprint density at radius 2 is 1.50 bits per heavy atom. The molecular formula is C7H20N2Si. The lowest BCUT2D eigenvalue weighted by atomic mass is 10.8. The summed E-state index contributed by atoms with van der Waals surface area (Å²) in [6.07, 6.45) is 0. The van der Waals surface area contributed by atoms with Crippen LogP contribution in [0.25, 0.3) is 0 Å². The molecule has 0 unspecified atom stereocenters. The maximum Gasteiger partial charge on any atom is 0.0588 e. The molecule has 0 radical (unpaired) electrons. The van der Waals surface area contributed by atoms with E-state index in [0.29, 0.717) is 0 Å². The normalized spacial score (nSPS) is 13.2. The van der Waals surface area contributed by atoms with Crippen LogP contribution in [-0.4, -0.2) is 53.3 Å². The first-order valence-corrected chi connectivity index (χ1v) is 5.74. The van der Waals surface area contributed by atoms with E-state index in [-0.39, 0.29) is 9.52 Å². The third-order valence-electron chi connectivity index (χ3n) is 1.74. The van der Waals surface area contributed by atoms with Crippen LogP contribution in [0.4, 0.5) is 0 Å². The summed E-state index contributed by atoms with van der Waals surface area (Å²) in [4.78, 5) is 4.63. The molecule has 0 saturated heterocycles. The van der Waals surface area contributed by atoms with Crippen molar-refractivity contribution in [2.75, 3.05) is 28.2 Å². The molecule has 2 nitrogen and oxygen atoms in total. The number of rotatable bonds is 4. The van der Waals surface area contributed by atoms with Gasteiger partial charge in [-0.2, -0.15) is 0 Å². The van der Waals surface area contributed by atoms with Crippen LogP contribution in [-0.2, 0) is 0 Å². The average Bonchev–Trinajstić information content (AvgIpc) is 1.81. The zero-order valence-electron chi connectivity index (χ0n) is 7.89. The second-order valence-electron chi connectivity index (χ2n) is 3.20. The molecule has 0 fully saturated rings. The molecule has 0 rings (SSSR count). The third kappa shape index (κ3) is 3.34. The maximum absolute atomic E-state index is 2.32. The van der Waals surface area contributed by atoms with Gasteiger partial charge in [-0.1, -0.05) is 13.0 Å². The van der Waals surface area contributed by atoms with E-state index in [2.05, 4.69) is 44.9 Å². The lowest BCUT2D eigenvalue weighted by Crippen LogP contribution is -2.44. The molecule has 0 bridgehead atoms. The molecule has 0 amide bonds. The fraction of sp³-hybridized carbons (Fsp3) is 1.00. The predicted molar refractivity (Wildman–Crippen MR) is 50.2 cm³/mol. The van der Waals surface area contributed by atoms with Crippen molar-refractivity contribution < 1.29 is 0 Å². The van der Waals surface area contributed by atoms with E-state index in [9.17, 15) is 0 Å². The topological polar surface area (TPSA) is 6.48 Å². The van der Waals surface area contributed by atoms with Gasteiger partial charge in [-0.3, -0.25) is 9.80 Å². The van der Waals surface area contributed by atoms with Gasteiger partial charge in [-0.25, -0.2) is 0 Å². The van der Waals surface area contributed by atoms with E-state index < -0.39 is 0 Å². The highest BCUT2D eigenvalue weighted by Crippen LogP contribution is 1.96. The quantitative estimate of drug-likeness (QED) is 0.422. The Bertz CT molecular complexity index is 75.7. The molecule has 3 heteroatoms. The van der Waals surface area contributed by atoms with E-state index in [1.165, 1.54) is 6.04 Å². The van der Waals surface area contributed by atoms with Crippen molar-refractivity contribution in [1.82, 2.24) is 9.80 Å². The molecule has 62 valence electrons. The fourth-order valence-electron chi connectivity index (χ4n) is 1.24. The Morgan fingerprint density at radius 1 is 1.10 bits per heavy atom. The zero-order chi connectivity index (χ0) is 8.15. The molecule has 0 N–H and O–H groups in total. The Labute approximate surface area is 67.0 Å². The standard InChI is InChI=1S/C7H20N2Si/c1-6-10-7(8(2)3)9(4)5/h7H,6,10H2,1-5H3. The molecule has 0 aromatic carbocycles. The van der Waals surface area contributed by atoms with Crippen molar-refractivity contribution in [3.05, 3.63) is 0 Å². The van der Waals surface area contributed by atoms with Gasteiger partial charge in [-0.15, -0.1) is 0 Å². The van der Waals surface area contributed by atoms with Crippen molar-refractivity contribution in [1.29, 1.82) is 0 Å². The van der Waals surface area contributed by atoms with Crippen LogP contribution in [0.1, 0.15) is 6.92 Å². The van der Waals surface area contributed by atoms with Crippen LogP contribution < -0.4 is 0 Å². The Hall–Kier alpha value is 0.137. The van der Waals surface area contributed by atoms with Crippen LogP contribution >= 0.6 is 0 Å². The SMILES string of the molecule is CC[SiH2]C(N(C)C)N(C)C. The molecular weight excluding hydrogens is 140 g/mol. The Morgan fingerprint density at radius 3 is 1.60 bits per heavy atom. The zero-order valence-corrected chi connectivity index (χ0v) is 9.30. The van der Waals surface area contributed by atoms with E-state index in [0.717, 1.165) is 5.79 Å². The number of hydrogen-bond acceptors (Lipinski definition) is 2. The number of hydrogen-bond donors (Lipinski definition) is 0. The largest absolute Gasteiger partial charge is 0.297 e. The van der Waals surface area contributed by atoms with E-state index in [4.69, 9.17) is 0 Å². The summed E-state index contributed by atoms with van der Waals surface area (Å²) in [6, 6.07) is 1.39. The Kier molecular flexibility index (Phi) is 4.94. The van der Waals surface area contributed by atoms with Crippen molar-refractivity contribution >= 4 is 9.52 Å². The van der Waals surface area contributed by atoms with Crippen LogP contribution in [0.2, 0.25) is 6.04 Å². The van der Waals surface area contributed by atoms with Crippen LogP contribution in [0.3, 0.4) is 0 Å². The first kappa shape index (κ1) is 10.1. The maximum atomic E-state index is 2.32. The first-order valence-electron chi connectivity index (χ1n) is 3.92. The predicted octanol–water partition coefficient (Wildman–Crippen LogP) is 0.000200. The lowest BCUT2D eigenvalue weighted by molar-refractivity contribution is 0.200. The van der Waals surface area contributed by atoms with E-state index in [1.807, 2.05) is 0 Å². The smallest absolute Gasteiger partial charge is 0.0588 e. The molecule has 0 heterocycles. The highest BCUT2D eigenvalue weighted by Gasteiger charge is 2.11. The number of nitrogens with zero attached hydrogens (tertiary/aromatic N) is 2. The van der Waals surface area contributed by atoms with Crippen molar-refractivity contribution in [3.63, 3.8) is 0 Å². The summed E-state index contributed by atoms with van der Waals surface area (Å²) in [6.45, 7) is 2.28. The second kappa shape index (κ2) is 4.88. The summed E-state index contributed by atoms with van der Waals surface area (Å²) in [5.74, 6) is 0.741. The summed E-state index contributed by atoms with van der Waals surface area (Å²) >= 11 is 0. The highest BCUT2D eigenvalue weighted by molar-refractivity contribution is 6.37. The molecule has 0 aliphatic rings. The van der Waals surface area contributed by atoms with Gasteiger partial charge in [0, 0.05) is 5.79 Å². The monoisotopic (exact) mass is 160 g/mol. The van der Waals surface area contributed by atoms with Gasteiger partial charge in [0.25, 0.3) is 0 Å². The van der Waals surface area contributed by atoms with Gasteiger partial charge < -0.3 is 0 Å². The average molecular weight is 160 g/mol. The van der Waals surface area contributed by atoms with Gasteiger partial charge in [-0.05, 0) is 28.2 Å². The summed E-state index contributed by atoms with van der Waals surface area (Å²) in [7, 11) is 8.73. The fourth-order valence-corrected chi connectivity index (χ4v) is 2.79. The lowest BCUT2D eigenvalue weighted by Gasteiger charge is -2.29. The van der Waals surface area contributed by atoms with Crippen molar-refractivity contribution in [2.45, 2.75) is 18.8 Å². The van der Waals surface area contributed by atoms with Gasteiger partial charge in [0.15, 0.2) is 0 Å². The molecule has 0 aliphatic heterocycles. The van der Waals surface area contributed by atoms with Gasteiger partial charge in [0.2, 0.25) is 0 Å². The van der Waals surface area contributed by atoms with Crippen LogP contribution in [0.5, 0.6) is 0 Å². The molecule has 0 aromatic heterocycles. The van der Waals surface area contributed by atoms with Gasteiger partial charge >= 0.3 is 0 Å². The van der Waals surface area contributed by atoms with E-state index >= 15 is 0 Å². The molecule has 0 saturated carbocycles. The third-order valence-corrected chi connectivity index (χ3v) is 4.29. The minimum absolute atomic E-state index is 0.0926. The molecule has 10 heavy (non-hydrogen) atoms. The highest BCUT2D eigenvalue weighted by atomic mass is 28.2. The molecule has 0 atom stereocenters. The van der Waals surface area contributed by atoms with Gasteiger partial charge in [0.1, 0.15) is 0 Å². The Balaban J connectivity index is 3.73. The van der Waals surface area contributed by atoms with E-state index in [1.54, 1.807) is 0 Å². The van der Waals surface area contributed by atoms with Crippen LogP contribution in [0.15, 0.2) is 0 Å². The van der Waals surface area contributed by atoms with Crippen molar-refractivity contribution in [2.24, 2.45) is 0 Å². The minimum atomic E-state index is 0.0926. The van der Waals surface area contributed by atoms with Gasteiger partial charge in [0.05, 0.1) is 9.52 Å². The second-order valence-corrected chi connectivity index (χ2v) is 5.50. The van der Waals surface area contributed by atoms with Crippen molar-refractivity contribution in [3.8, 4) is 0 Å². The summed E-state index contributed by atoms with van der Waals surface area (Å²) < 4.78 is 0. The minimum Gasteiger partial charge on any atom is -0.297 e. The first-order chi connectivity index (χ1) is 4.59.